The third-order valence-electron chi connectivity index (χ3n) is 6.97. The van der Waals surface area contributed by atoms with E-state index in [1.54, 1.807) is 18.2 Å². The summed E-state index contributed by atoms with van der Waals surface area (Å²) in [6, 6.07) is 25.6. The highest BCUT2D eigenvalue weighted by Crippen LogP contribution is 2.40. The SMILES string of the molecule is COc1ccc(S(=O)(=O)N2C[C@H](C(=O)NCc3cccc4ccccc34)Oc3ccc(C(C)(C)C)cc32)cc1. The zero-order chi connectivity index (χ0) is 27.8. The van der Waals surface area contributed by atoms with Crippen molar-refractivity contribution in [3.05, 3.63) is 96.1 Å². The Balaban J connectivity index is 1.47. The van der Waals surface area contributed by atoms with Crippen molar-refractivity contribution >= 4 is 32.4 Å². The van der Waals surface area contributed by atoms with Crippen molar-refractivity contribution in [3.63, 3.8) is 0 Å². The van der Waals surface area contributed by atoms with Crippen LogP contribution in [-0.2, 0) is 26.8 Å². The molecule has 1 heterocycles. The van der Waals surface area contributed by atoms with Crippen LogP contribution in [0.25, 0.3) is 10.8 Å². The number of rotatable bonds is 6. The maximum Gasteiger partial charge on any atom is 0.264 e. The van der Waals surface area contributed by atoms with Gasteiger partial charge in [-0.1, -0.05) is 69.3 Å². The first-order chi connectivity index (χ1) is 18.6. The van der Waals surface area contributed by atoms with Crippen molar-refractivity contribution in [1.29, 1.82) is 0 Å². The summed E-state index contributed by atoms with van der Waals surface area (Å²) in [5.41, 5.74) is 2.13. The van der Waals surface area contributed by atoms with Crippen LogP contribution in [-0.4, -0.2) is 34.1 Å². The fourth-order valence-corrected chi connectivity index (χ4v) is 6.17. The van der Waals surface area contributed by atoms with Crippen LogP contribution in [0.4, 0.5) is 5.69 Å². The van der Waals surface area contributed by atoms with E-state index in [2.05, 4.69) is 26.1 Å². The minimum atomic E-state index is -4.01. The quantitative estimate of drug-likeness (QED) is 0.351. The van der Waals surface area contributed by atoms with Gasteiger partial charge in [0.15, 0.2) is 6.10 Å². The Hall–Kier alpha value is -4.04. The van der Waals surface area contributed by atoms with Crippen LogP contribution < -0.4 is 19.1 Å². The molecule has 1 amide bonds. The van der Waals surface area contributed by atoms with Crippen LogP contribution in [0.15, 0.2) is 89.8 Å². The van der Waals surface area contributed by atoms with Gasteiger partial charge in [0.05, 0.1) is 24.2 Å². The van der Waals surface area contributed by atoms with E-state index >= 15 is 0 Å². The molecule has 202 valence electrons. The van der Waals surface area contributed by atoms with Crippen LogP contribution in [0.1, 0.15) is 31.9 Å². The minimum absolute atomic E-state index is 0.104. The first kappa shape index (κ1) is 26.6. The highest BCUT2D eigenvalue weighted by molar-refractivity contribution is 7.92. The van der Waals surface area contributed by atoms with Crippen molar-refractivity contribution in [1.82, 2.24) is 5.32 Å². The lowest BCUT2D eigenvalue weighted by Gasteiger charge is -2.36. The Morgan fingerprint density at radius 1 is 1.00 bits per heavy atom. The van der Waals surface area contributed by atoms with E-state index in [1.807, 2.05) is 54.6 Å². The van der Waals surface area contributed by atoms with Gasteiger partial charge in [-0.2, -0.15) is 0 Å². The summed E-state index contributed by atoms with van der Waals surface area (Å²) in [4.78, 5) is 13.5. The molecule has 4 aromatic rings. The molecule has 0 aromatic heterocycles. The molecule has 0 spiro atoms. The van der Waals surface area contributed by atoms with Gasteiger partial charge in [0.2, 0.25) is 0 Å². The molecule has 4 aromatic carbocycles. The predicted octanol–water partition coefficient (Wildman–Crippen LogP) is 5.42. The topological polar surface area (TPSA) is 84.9 Å². The highest BCUT2D eigenvalue weighted by Gasteiger charge is 2.38. The van der Waals surface area contributed by atoms with Gasteiger partial charge >= 0.3 is 0 Å². The molecule has 39 heavy (non-hydrogen) atoms. The number of amides is 1. The molecular formula is C31H32N2O5S. The summed E-state index contributed by atoms with van der Waals surface area (Å²) >= 11 is 0. The lowest BCUT2D eigenvalue weighted by atomic mass is 9.86. The maximum absolute atomic E-state index is 13.9. The summed E-state index contributed by atoms with van der Waals surface area (Å²) in [7, 11) is -2.48. The fraction of sp³-hybridized carbons (Fsp3) is 0.258. The van der Waals surface area contributed by atoms with Gasteiger partial charge in [0.25, 0.3) is 15.9 Å². The molecule has 1 atom stereocenters. The van der Waals surface area contributed by atoms with Gasteiger partial charge in [-0.3, -0.25) is 9.10 Å². The van der Waals surface area contributed by atoms with Crippen LogP contribution in [0.5, 0.6) is 11.5 Å². The Kier molecular flexibility index (Phi) is 6.99. The second-order valence-electron chi connectivity index (χ2n) is 10.6. The Labute approximate surface area is 229 Å². The van der Waals surface area contributed by atoms with E-state index in [9.17, 15) is 13.2 Å². The first-order valence-electron chi connectivity index (χ1n) is 12.8. The Morgan fingerprint density at radius 3 is 2.44 bits per heavy atom. The third-order valence-corrected chi connectivity index (χ3v) is 8.76. The van der Waals surface area contributed by atoms with Gasteiger partial charge < -0.3 is 14.8 Å². The van der Waals surface area contributed by atoms with Gasteiger partial charge in [-0.05, 0) is 63.7 Å². The Morgan fingerprint density at radius 2 is 1.72 bits per heavy atom. The monoisotopic (exact) mass is 544 g/mol. The van der Waals surface area contributed by atoms with Gasteiger partial charge in [-0.15, -0.1) is 0 Å². The molecule has 0 bridgehead atoms. The highest BCUT2D eigenvalue weighted by atomic mass is 32.2. The average Bonchev–Trinajstić information content (AvgIpc) is 2.94. The summed E-state index contributed by atoms with van der Waals surface area (Å²) in [6.07, 6.45) is -1.03. The number of carbonyl (C=O) groups is 1. The summed E-state index contributed by atoms with van der Waals surface area (Å²) in [6.45, 7) is 6.32. The number of fused-ring (bicyclic) bond motifs is 2. The van der Waals surface area contributed by atoms with Crippen molar-refractivity contribution < 1.29 is 22.7 Å². The van der Waals surface area contributed by atoms with E-state index in [0.717, 1.165) is 21.9 Å². The minimum Gasteiger partial charge on any atom is -0.497 e. The maximum atomic E-state index is 13.9. The summed E-state index contributed by atoms with van der Waals surface area (Å²) in [5, 5.41) is 5.08. The average molecular weight is 545 g/mol. The zero-order valence-electron chi connectivity index (χ0n) is 22.5. The second kappa shape index (κ2) is 10.3. The second-order valence-corrected chi connectivity index (χ2v) is 12.5. The standard InChI is InChI=1S/C31H32N2O5S/c1-31(2,3)23-12-17-28-27(18-23)33(39(35,36)25-15-13-24(37-4)14-16-25)20-29(38-28)30(34)32-19-22-10-7-9-21-8-5-6-11-26(21)22/h5-18,29H,19-20H2,1-4H3,(H,32,34)/t29-/m1/s1. The smallest absolute Gasteiger partial charge is 0.264 e. The lowest BCUT2D eigenvalue weighted by molar-refractivity contribution is -0.127. The molecule has 1 N–H and O–H groups in total. The lowest BCUT2D eigenvalue weighted by Crippen LogP contribution is -2.50. The van der Waals surface area contributed by atoms with Crippen molar-refractivity contribution in [2.24, 2.45) is 0 Å². The van der Waals surface area contributed by atoms with Crippen molar-refractivity contribution in [2.75, 3.05) is 18.0 Å². The van der Waals surface area contributed by atoms with Crippen molar-refractivity contribution in [2.45, 2.75) is 43.7 Å². The number of nitrogens with one attached hydrogen (secondary N) is 1. The first-order valence-corrected chi connectivity index (χ1v) is 14.2. The molecule has 0 saturated carbocycles. The predicted molar refractivity (Wildman–Crippen MR) is 153 cm³/mol. The molecule has 0 saturated heterocycles. The van der Waals surface area contributed by atoms with Gasteiger partial charge in [0, 0.05) is 6.54 Å². The van der Waals surface area contributed by atoms with E-state index in [-0.39, 0.29) is 22.8 Å². The normalized spacial score (nSPS) is 15.4. The zero-order valence-corrected chi connectivity index (χ0v) is 23.3. The third kappa shape index (κ3) is 5.29. The number of ether oxygens (including phenoxy) is 2. The molecule has 0 fully saturated rings. The van der Waals surface area contributed by atoms with E-state index < -0.39 is 16.1 Å². The molecule has 0 unspecified atom stereocenters. The van der Waals surface area contributed by atoms with E-state index in [4.69, 9.17) is 9.47 Å². The number of nitrogens with zero attached hydrogens (tertiary/aromatic N) is 1. The fourth-order valence-electron chi connectivity index (χ4n) is 4.70. The van der Waals surface area contributed by atoms with Crippen LogP contribution in [0.3, 0.4) is 0 Å². The molecule has 1 aliphatic rings. The molecule has 0 aliphatic carbocycles. The molecule has 0 radical (unpaired) electrons. The Bertz CT molecular complexity index is 1620. The van der Waals surface area contributed by atoms with Gasteiger partial charge in [0.1, 0.15) is 11.5 Å². The van der Waals surface area contributed by atoms with Gasteiger partial charge in [-0.25, -0.2) is 8.42 Å². The molecule has 8 heteroatoms. The molecule has 5 rings (SSSR count). The van der Waals surface area contributed by atoms with E-state index in [1.165, 1.54) is 23.5 Å². The van der Waals surface area contributed by atoms with E-state index in [0.29, 0.717) is 23.7 Å². The van der Waals surface area contributed by atoms with Crippen LogP contribution in [0, 0.1) is 0 Å². The number of anilines is 1. The number of carbonyl (C=O) groups excluding carboxylic acids is 1. The summed E-state index contributed by atoms with van der Waals surface area (Å²) < 4.78 is 40.4. The van der Waals surface area contributed by atoms with Crippen molar-refractivity contribution in [3.8, 4) is 11.5 Å². The van der Waals surface area contributed by atoms with Crippen LogP contribution in [0.2, 0.25) is 0 Å². The number of hydrogen-bond donors (Lipinski definition) is 1. The number of methoxy groups -OCH3 is 1. The molecule has 7 nitrogen and oxygen atoms in total. The largest absolute Gasteiger partial charge is 0.497 e. The molecule has 1 aliphatic heterocycles. The summed E-state index contributed by atoms with van der Waals surface area (Å²) in [5.74, 6) is 0.511. The molecular weight excluding hydrogens is 512 g/mol. The number of sulfonamides is 1. The van der Waals surface area contributed by atoms with Crippen LogP contribution >= 0.6 is 0 Å². The number of hydrogen-bond acceptors (Lipinski definition) is 5. The number of benzene rings is 4.